The highest BCUT2D eigenvalue weighted by Crippen LogP contribution is 2.26. The first-order valence-electron chi connectivity index (χ1n) is 6.07. The molecule has 3 N–H and O–H groups in total. The molecule has 2 aromatic rings. The predicted octanol–water partition coefficient (Wildman–Crippen LogP) is 3.64. The smallest absolute Gasteiger partial charge is 0.137 e. The highest BCUT2D eigenvalue weighted by Gasteiger charge is 2.14. The van der Waals surface area contributed by atoms with Crippen molar-refractivity contribution in [2.24, 2.45) is 5.84 Å². The number of hydrogen-bond acceptors (Lipinski definition) is 2. The zero-order valence-corrected chi connectivity index (χ0v) is 12.2. The lowest BCUT2D eigenvalue weighted by Crippen LogP contribution is -2.29. The molecule has 4 heteroatoms. The third kappa shape index (κ3) is 3.41. The van der Waals surface area contributed by atoms with E-state index in [2.05, 4.69) is 27.4 Å². The van der Waals surface area contributed by atoms with Gasteiger partial charge >= 0.3 is 0 Å². The van der Waals surface area contributed by atoms with Crippen LogP contribution in [0.5, 0.6) is 0 Å². The summed E-state index contributed by atoms with van der Waals surface area (Å²) in [5.74, 6) is 5.38. The number of aryl methyl sites for hydroxylation is 1. The first-order valence-corrected chi connectivity index (χ1v) is 6.86. The van der Waals surface area contributed by atoms with Crippen molar-refractivity contribution in [3.8, 4) is 0 Å². The molecule has 19 heavy (non-hydrogen) atoms. The summed E-state index contributed by atoms with van der Waals surface area (Å²) in [5.41, 5.74) is 5.96. The van der Waals surface area contributed by atoms with Crippen molar-refractivity contribution in [3.05, 3.63) is 69.4 Å². The second-order valence-electron chi connectivity index (χ2n) is 4.55. The predicted molar refractivity (Wildman–Crippen MR) is 79.0 cm³/mol. The zero-order valence-electron chi connectivity index (χ0n) is 10.7. The summed E-state index contributed by atoms with van der Waals surface area (Å²) < 4.78 is 14.0. The van der Waals surface area contributed by atoms with Crippen LogP contribution in [-0.4, -0.2) is 0 Å². The zero-order chi connectivity index (χ0) is 13.8. The van der Waals surface area contributed by atoms with E-state index in [0.717, 1.165) is 11.1 Å². The SMILES string of the molecule is Cc1cccc(C(Cc2cccc(F)c2Br)NN)c1. The van der Waals surface area contributed by atoms with Crippen LogP contribution in [0.25, 0.3) is 0 Å². The van der Waals surface area contributed by atoms with E-state index in [0.29, 0.717) is 10.9 Å². The average molecular weight is 323 g/mol. The molecule has 0 aromatic heterocycles. The van der Waals surface area contributed by atoms with Crippen LogP contribution in [0.4, 0.5) is 4.39 Å². The number of hydrogen-bond donors (Lipinski definition) is 2. The number of rotatable bonds is 4. The largest absolute Gasteiger partial charge is 0.271 e. The monoisotopic (exact) mass is 322 g/mol. The van der Waals surface area contributed by atoms with Gasteiger partial charge in [0.05, 0.1) is 10.5 Å². The fourth-order valence-corrected chi connectivity index (χ4v) is 2.51. The molecule has 0 radical (unpaired) electrons. The Balaban J connectivity index is 2.26. The first kappa shape index (κ1) is 14.2. The van der Waals surface area contributed by atoms with Gasteiger partial charge in [0.15, 0.2) is 0 Å². The highest BCUT2D eigenvalue weighted by molar-refractivity contribution is 9.10. The van der Waals surface area contributed by atoms with E-state index >= 15 is 0 Å². The summed E-state index contributed by atoms with van der Waals surface area (Å²) in [6.07, 6.45) is 0.623. The molecule has 0 saturated heterocycles. The summed E-state index contributed by atoms with van der Waals surface area (Å²) in [7, 11) is 0. The minimum absolute atomic E-state index is 0.0435. The second kappa shape index (κ2) is 6.28. The van der Waals surface area contributed by atoms with Crippen molar-refractivity contribution >= 4 is 15.9 Å². The third-order valence-electron chi connectivity index (χ3n) is 3.10. The van der Waals surface area contributed by atoms with Crippen LogP contribution in [0.3, 0.4) is 0 Å². The van der Waals surface area contributed by atoms with E-state index in [-0.39, 0.29) is 11.9 Å². The first-order chi connectivity index (χ1) is 9.11. The minimum Gasteiger partial charge on any atom is -0.271 e. The lowest BCUT2D eigenvalue weighted by Gasteiger charge is -2.18. The Kier molecular flexibility index (Phi) is 4.69. The average Bonchev–Trinajstić information content (AvgIpc) is 2.40. The number of hydrazine groups is 1. The minimum atomic E-state index is -0.252. The third-order valence-corrected chi connectivity index (χ3v) is 3.99. The van der Waals surface area contributed by atoms with Gasteiger partial charge in [-0.05, 0) is 46.5 Å². The molecule has 0 aliphatic heterocycles. The Morgan fingerprint density at radius 3 is 2.68 bits per heavy atom. The number of halogens is 2. The van der Waals surface area contributed by atoms with Crippen molar-refractivity contribution in [2.45, 2.75) is 19.4 Å². The standard InChI is InChI=1S/C15H16BrFN2/c1-10-4-2-5-11(8-10)14(19-18)9-12-6-3-7-13(17)15(12)16/h2-8,14,19H,9,18H2,1H3. The van der Waals surface area contributed by atoms with Gasteiger partial charge < -0.3 is 0 Å². The van der Waals surface area contributed by atoms with Crippen molar-refractivity contribution in [2.75, 3.05) is 0 Å². The Morgan fingerprint density at radius 2 is 2.00 bits per heavy atom. The van der Waals surface area contributed by atoms with Crippen molar-refractivity contribution < 1.29 is 4.39 Å². The normalized spacial score (nSPS) is 12.4. The van der Waals surface area contributed by atoms with Crippen LogP contribution in [0.15, 0.2) is 46.9 Å². The molecule has 0 spiro atoms. The van der Waals surface area contributed by atoms with E-state index in [1.807, 2.05) is 31.2 Å². The summed E-state index contributed by atoms with van der Waals surface area (Å²) in [6.45, 7) is 2.04. The fourth-order valence-electron chi connectivity index (χ4n) is 2.09. The van der Waals surface area contributed by atoms with Gasteiger partial charge in [-0.25, -0.2) is 4.39 Å². The van der Waals surface area contributed by atoms with Gasteiger partial charge in [0.25, 0.3) is 0 Å². The molecule has 0 heterocycles. The number of nitrogens with one attached hydrogen (secondary N) is 1. The van der Waals surface area contributed by atoms with Crippen molar-refractivity contribution in [1.82, 2.24) is 5.43 Å². The van der Waals surface area contributed by atoms with Crippen molar-refractivity contribution in [3.63, 3.8) is 0 Å². The van der Waals surface area contributed by atoms with Gasteiger partial charge in [-0.2, -0.15) is 0 Å². The van der Waals surface area contributed by atoms with Gasteiger partial charge in [-0.3, -0.25) is 11.3 Å². The molecule has 0 amide bonds. The quantitative estimate of drug-likeness (QED) is 0.666. The van der Waals surface area contributed by atoms with E-state index in [9.17, 15) is 4.39 Å². The van der Waals surface area contributed by atoms with E-state index in [4.69, 9.17) is 5.84 Å². The van der Waals surface area contributed by atoms with Crippen molar-refractivity contribution in [1.29, 1.82) is 0 Å². The summed E-state index contributed by atoms with van der Waals surface area (Å²) in [4.78, 5) is 0. The molecule has 0 fully saturated rings. The van der Waals surface area contributed by atoms with E-state index < -0.39 is 0 Å². The van der Waals surface area contributed by atoms with Gasteiger partial charge in [0.1, 0.15) is 5.82 Å². The highest BCUT2D eigenvalue weighted by atomic mass is 79.9. The second-order valence-corrected chi connectivity index (χ2v) is 5.34. The lowest BCUT2D eigenvalue weighted by molar-refractivity contribution is 0.546. The molecule has 2 nitrogen and oxygen atoms in total. The maximum atomic E-state index is 13.5. The van der Waals surface area contributed by atoms with E-state index in [1.165, 1.54) is 11.6 Å². The molecule has 1 unspecified atom stereocenters. The van der Waals surface area contributed by atoms with Crippen LogP contribution < -0.4 is 11.3 Å². The van der Waals surface area contributed by atoms with Gasteiger partial charge in [-0.15, -0.1) is 0 Å². The fraction of sp³-hybridized carbons (Fsp3) is 0.200. The van der Waals surface area contributed by atoms with Crippen LogP contribution in [0.1, 0.15) is 22.7 Å². The number of benzene rings is 2. The Morgan fingerprint density at radius 1 is 1.26 bits per heavy atom. The molecule has 0 aliphatic carbocycles. The van der Waals surface area contributed by atoms with E-state index in [1.54, 1.807) is 6.07 Å². The Labute approximate surface area is 120 Å². The van der Waals surface area contributed by atoms with Crippen LogP contribution in [0.2, 0.25) is 0 Å². The molecule has 0 saturated carbocycles. The van der Waals surface area contributed by atoms with Crippen LogP contribution in [-0.2, 0) is 6.42 Å². The van der Waals surface area contributed by atoms with Gasteiger partial charge in [0.2, 0.25) is 0 Å². The maximum absolute atomic E-state index is 13.5. The summed E-state index contributed by atoms with van der Waals surface area (Å²) >= 11 is 3.28. The molecular weight excluding hydrogens is 307 g/mol. The Hall–Kier alpha value is -1.23. The molecule has 2 aromatic carbocycles. The number of nitrogens with two attached hydrogens (primary N) is 1. The molecule has 0 bridgehead atoms. The topological polar surface area (TPSA) is 38.0 Å². The molecular formula is C15H16BrFN2. The summed E-state index contributed by atoms with van der Waals surface area (Å²) in [6, 6.07) is 13.1. The molecule has 1 atom stereocenters. The maximum Gasteiger partial charge on any atom is 0.137 e. The van der Waals surface area contributed by atoms with Crippen LogP contribution >= 0.6 is 15.9 Å². The van der Waals surface area contributed by atoms with Crippen LogP contribution in [0, 0.1) is 12.7 Å². The lowest BCUT2D eigenvalue weighted by atomic mass is 9.98. The Bertz CT molecular complexity index is 572. The van der Waals surface area contributed by atoms with Gasteiger partial charge in [-0.1, -0.05) is 42.0 Å². The molecule has 100 valence electrons. The van der Waals surface area contributed by atoms with Gasteiger partial charge in [0, 0.05) is 0 Å². The molecule has 2 rings (SSSR count). The summed E-state index contributed by atoms with van der Waals surface area (Å²) in [5, 5.41) is 0. The molecule has 0 aliphatic rings.